The third-order valence-corrected chi connectivity index (χ3v) is 4.43. The molecule has 1 atom stereocenters. The average molecular weight is 290 g/mol. The largest absolute Gasteiger partial charge is 0.491 e. The van der Waals surface area contributed by atoms with Crippen LogP contribution in [-0.4, -0.2) is 30.6 Å². The molecular formula is C18H30N2O. The molecule has 0 aromatic heterocycles. The van der Waals surface area contributed by atoms with Crippen LogP contribution in [0.3, 0.4) is 0 Å². The van der Waals surface area contributed by atoms with Crippen LogP contribution in [-0.2, 0) is 0 Å². The predicted octanol–water partition coefficient (Wildman–Crippen LogP) is 3.60. The lowest BCUT2D eigenvalue weighted by Gasteiger charge is -2.41. The Bertz CT molecular complexity index is 446. The molecule has 0 radical (unpaired) electrons. The first-order valence-corrected chi connectivity index (χ1v) is 8.12. The predicted molar refractivity (Wildman–Crippen MR) is 88.6 cm³/mol. The molecule has 0 amide bonds. The lowest BCUT2D eigenvalue weighted by molar-refractivity contribution is 0.0962. The monoisotopic (exact) mass is 290 g/mol. The van der Waals surface area contributed by atoms with Crippen LogP contribution in [0, 0.1) is 5.41 Å². The summed E-state index contributed by atoms with van der Waals surface area (Å²) >= 11 is 0. The molecule has 1 fully saturated rings. The van der Waals surface area contributed by atoms with E-state index in [2.05, 4.69) is 50.8 Å². The molecule has 1 unspecified atom stereocenters. The lowest BCUT2D eigenvalue weighted by atomic mass is 9.82. The number of piperidine rings is 1. The van der Waals surface area contributed by atoms with Gasteiger partial charge in [-0.15, -0.1) is 0 Å². The number of likely N-dealkylation sites (tertiary alicyclic amines) is 1. The van der Waals surface area contributed by atoms with Gasteiger partial charge in [0.2, 0.25) is 0 Å². The van der Waals surface area contributed by atoms with Crippen LogP contribution < -0.4 is 10.5 Å². The van der Waals surface area contributed by atoms with Gasteiger partial charge in [0.05, 0.1) is 6.10 Å². The highest BCUT2D eigenvalue weighted by atomic mass is 16.5. The summed E-state index contributed by atoms with van der Waals surface area (Å²) in [6.45, 7) is 11.7. The van der Waals surface area contributed by atoms with Crippen LogP contribution >= 0.6 is 0 Å². The highest BCUT2D eigenvalue weighted by Crippen LogP contribution is 2.34. The second kappa shape index (κ2) is 6.80. The number of hydrogen-bond donors (Lipinski definition) is 1. The van der Waals surface area contributed by atoms with Crippen molar-refractivity contribution in [2.24, 2.45) is 11.1 Å². The molecular weight excluding hydrogens is 260 g/mol. The van der Waals surface area contributed by atoms with E-state index in [4.69, 9.17) is 10.5 Å². The van der Waals surface area contributed by atoms with Gasteiger partial charge in [-0.1, -0.05) is 26.0 Å². The molecule has 3 nitrogen and oxygen atoms in total. The first-order valence-electron chi connectivity index (χ1n) is 8.12. The average Bonchev–Trinajstić information content (AvgIpc) is 2.41. The number of rotatable bonds is 5. The fraction of sp³-hybridized carbons (Fsp3) is 0.667. The van der Waals surface area contributed by atoms with Gasteiger partial charge in [-0.3, -0.25) is 4.90 Å². The van der Waals surface area contributed by atoms with E-state index >= 15 is 0 Å². The summed E-state index contributed by atoms with van der Waals surface area (Å²) in [5.74, 6) is 0.943. The first-order chi connectivity index (χ1) is 9.91. The summed E-state index contributed by atoms with van der Waals surface area (Å²) in [6.07, 6.45) is 2.68. The summed E-state index contributed by atoms with van der Waals surface area (Å²) in [5, 5.41) is 0. The maximum atomic E-state index is 6.07. The number of ether oxygens (including phenoxy) is 1. The van der Waals surface area contributed by atoms with Gasteiger partial charge in [-0.05, 0) is 62.9 Å². The number of benzene rings is 1. The number of hydrogen-bond acceptors (Lipinski definition) is 3. The minimum absolute atomic E-state index is 0.201. The third kappa shape index (κ3) is 4.45. The summed E-state index contributed by atoms with van der Waals surface area (Å²) in [4.78, 5) is 2.53. The molecule has 0 aliphatic carbocycles. The standard InChI is InChI=1S/C18H30N2O/c1-14(2)21-16-7-5-6-15(12-16)17(13-19)20-10-8-18(3,4)9-11-20/h5-7,12,14,17H,8-11,13,19H2,1-4H3. The molecule has 1 aromatic carbocycles. The van der Waals surface area contributed by atoms with Gasteiger partial charge < -0.3 is 10.5 Å². The van der Waals surface area contributed by atoms with Crippen LogP contribution in [0.15, 0.2) is 24.3 Å². The van der Waals surface area contributed by atoms with E-state index in [9.17, 15) is 0 Å². The van der Waals surface area contributed by atoms with Crippen molar-refractivity contribution in [3.05, 3.63) is 29.8 Å². The van der Waals surface area contributed by atoms with Crippen LogP contribution in [0.25, 0.3) is 0 Å². The summed E-state index contributed by atoms with van der Waals surface area (Å²) in [7, 11) is 0. The van der Waals surface area contributed by atoms with Gasteiger partial charge in [-0.25, -0.2) is 0 Å². The van der Waals surface area contributed by atoms with E-state index in [1.54, 1.807) is 0 Å². The normalized spacial score (nSPS) is 20.5. The Morgan fingerprint density at radius 1 is 1.24 bits per heavy atom. The molecule has 1 heterocycles. The Morgan fingerprint density at radius 3 is 2.48 bits per heavy atom. The smallest absolute Gasteiger partial charge is 0.120 e. The van der Waals surface area contributed by atoms with Crippen molar-refractivity contribution >= 4 is 0 Å². The molecule has 1 saturated heterocycles. The second-order valence-electron chi connectivity index (χ2n) is 7.19. The molecule has 0 saturated carbocycles. The Hall–Kier alpha value is -1.06. The highest BCUT2D eigenvalue weighted by molar-refractivity contribution is 5.31. The van der Waals surface area contributed by atoms with Crippen LogP contribution in [0.5, 0.6) is 5.75 Å². The molecule has 1 aliphatic rings. The number of nitrogens with two attached hydrogens (primary N) is 1. The van der Waals surface area contributed by atoms with Gasteiger partial charge in [-0.2, -0.15) is 0 Å². The minimum atomic E-state index is 0.201. The SMILES string of the molecule is CC(C)Oc1cccc(C(CN)N2CCC(C)(C)CC2)c1. The van der Waals surface area contributed by atoms with Crippen LogP contribution in [0.2, 0.25) is 0 Å². The van der Waals surface area contributed by atoms with E-state index in [1.807, 2.05) is 6.07 Å². The molecule has 3 heteroatoms. The van der Waals surface area contributed by atoms with Crippen molar-refractivity contribution < 1.29 is 4.74 Å². The Labute approximate surface area is 129 Å². The lowest BCUT2D eigenvalue weighted by Crippen LogP contribution is -2.42. The maximum absolute atomic E-state index is 6.07. The molecule has 1 aliphatic heterocycles. The van der Waals surface area contributed by atoms with Crippen molar-refractivity contribution in [2.45, 2.75) is 52.7 Å². The van der Waals surface area contributed by atoms with Crippen molar-refractivity contribution in [1.29, 1.82) is 0 Å². The molecule has 2 N–H and O–H groups in total. The zero-order valence-corrected chi connectivity index (χ0v) is 13.9. The van der Waals surface area contributed by atoms with Crippen molar-refractivity contribution in [1.82, 2.24) is 4.90 Å². The van der Waals surface area contributed by atoms with Gasteiger partial charge in [0.1, 0.15) is 5.75 Å². The van der Waals surface area contributed by atoms with Crippen LogP contribution in [0.4, 0.5) is 0 Å². The molecule has 118 valence electrons. The maximum Gasteiger partial charge on any atom is 0.120 e. The van der Waals surface area contributed by atoms with Crippen LogP contribution in [0.1, 0.15) is 52.1 Å². The minimum Gasteiger partial charge on any atom is -0.491 e. The zero-order chi connectivity index (χ0) is 15.5. The Balaban J connectivity index is 2.10. The summed E-state index contributed by atoms with van der Waals surface area (Å²) < 4.78 is 5.81. The molecule has 0 bridgehead atoms. The Morgan fingerprint density at radius 2 is 1.90 bits per heavy atom. The topological polar surface area (TPSA) is 38.5 Å². The van der Waals surface area contributed by atoms with E-state index in [-0.39, 0.29) is 6.10 Å². The fourth-order valence-corrected chi connectivity index (χ4v) is 3.00. The van der Waals surface area contributed by atoms with E-state index in [0.29, 0.717) is 18.0 Å². The van der Waals surface area contributed by atoms with E-state index in [1.165, 1.54) is 18.4 Å². The highest BCUT2D eigenvalue weighted by Gasteiger charge is 2.29. The third-order valence-electron chi connectivity index (χ3n) is 4.43. The van der Waals surface area contributed by atoms with Gasteiger partial charge in [0, 0.05) is 12.6 Å². The molecule has 21 heavy (non-hydrogen) atoms. The van der Waals surface area contributed by atoms with Crippen molar-refractivity contribution in [3.8, 4) is 5.75 Å². The quantitative estimate of drug-likeness (QED) is 0.900. The molecule has 2 rings (SSSR count). The van der Waals surface area contributed by atoms with Gasteiger partial charge in [0.15, 0.2) is 0 Å². The summed E-state index contributed by atoms with van der Waals surface area (Å²) in [6, 6.07) is 8.72. The first kappa shape index (κ1) is 16.3. The fourth-order valence-electron chi connectivity index (χ4n) is 3.00. The van der Waals surface area contributed by atoms with Crippen molar-refractivity contribution in [2.75, 3.05) is 19.6 Å². The van der Waals surface area contributed by atoms with E-state index < -0.39 is 0 Å². The molecule has 0 spiro atoms. The van der Waals surface area contributed by atoms with E-state index in [0.717, 1.165) is 18.8 Å². The summed E-state index contributed by atoms with van der Waals surface area (Å²) in [5.41, 5.74) is 7.82. The Kier molecular flexibility index (Phi) is 5.28. The second-order valence-corrected chi connectivity index (χ2v) is 7.19. The zero-order valence-electron chi connectivity index (χ0n) is 13.9. The van der Waals surface area contributed by atoms with Gasteiger partial charge >= 0.3 is 0 Å². The van der Waals surface area contributed by atoms with Crippen molar-refractivity contribution in [3.63, 3.8) is 0 Å². The number of nitrogens with zero attached hydrogens (tertiary/aromatic N) is 1. The van der Waals surface area contributed by atoms with Gasteiger partial charge in [0.25, 0.3) is 0 Å². The molecule has 1 aromatic rings.